The zero-order valence-electron chi connectivity index (χ0n) is 12.3. The molecular weight excluding hydrogens is 380 g/mol. The highest BCUT2D eigenvalue weighted by atomic mass is 79.9. The van der Waals surface area contributed by atoms with E-state index >= 15 is 0 Å². The van der Waals surface area contributed by atoms with Crippen molar-refractivity contribution in [2.75, 3.05) is 11.3 Å². The summed E-state index contributed by atoms with van der Waals surface area (Å²) in [5.74, 6) is 0. The van der Waals surface area contributed by atoms with Crippen LogP contribution in [-0.4, -0.2) is 15.0 Å². The van der Waals surface area contributed by atoms with Gasteiger partial charge in [-0.15, -0.1) is 0 Å². The molecule has 0 fully saturated rings. The molecule has 0 spiro atoms. The molecule has 7 heteroatoms. The molecule has 3 rings (SSSR count). The maximum Gasteiger partial charge on any atom is 0.262 e. The van der Waals surface area contributed by atoms with E-state index in [9.17, 15) is 13.6 Å². The summed E-state index contributed by atoms with van der Waals surface area (Å²) in [6.07, 6.45) is 3.60. The fourth-order valence-corrected chi connectivity index (χ4v) is 4.01. The van der Waals surface area contributed by atoms with Crippen molar-refractivity contribution in [3.63, 3.8) is 0 Å². The molecule has 0 saturated heterocycles. The number of quaternary nitrogens is 1. The number of aryl methyl sites for hydroxylation is 1. The normalized spacial score (nSPS) is 16.9. The van der Waals surface area contributed by atoms with Gasteiger partial charge in [-0.1, -0.05) is 33.6 Å². The SMILES string of the molecule is Cc1ccc(S(=O)(=O)Nc2cc(Br)cc3c2[NH+]([O-])CC=C3)cc1. The van der Waals surface area contributed by atoms with E-state index in [-0.39, 0.29) is 16.5 Å². The molecule has 1 unspecified atom stereocenters. The zero-order valence-corrected chi connectivity index (χ0v) is 14.7. The summed E-state index contributed by atoms with van der Waals surface area (Å²) in [5.41, 5.74) is 2.39. The highest BCUT2D eigenvalue weighted by Crippen LogP contribution is 2.31. The number of anilines is 1. The van der Waals surface area contributed by atoms with Crippen LogP contribution in [0, 0.1) is 12.1 Å². The fourth-order valence-electron chi connectivity index (χ4n) is 2.47. The maximum atomic E-state index is 12.6. The Bertz CT molecular complexity index is 877. The number of benzene rings is 2. The lowest BCUT2D eigenvalue weighted by molar-refractivity contribution is -0.769. The highest BCUT2D eigenvalue weighted by molar-refractivity contribution is 9.10. The smallest absolute Gasteiger partial charge is 0.262 e. The fraction of sp³-hybridized carbons (Fsp3) is 0.125. The molecule has 2 aromatic rings. The minimum Gasteiger partial charge on any atom is -0.629 e. The third-order valence-corrected chi connectivity index (χ3v) is 5.43. The van der Waals surface area contributed by atoms with Gasteiger partial charge in [0.05, 0.1) is 4.90 Å². The minimum atomic E-state index is -3.75. The van der Waals surface area contributed by atoms with Crippen molar-refractivity contribution in [1.29, 1.82) is 0 Å². The molecule has 120 valence electrons. The molecule has 1 aliphatic heterocycles. The van der Waals surface area contributed by atoms with Crippen LogP contribution < -0.4 is 9.79 Å². The topological polar surface area (TPSA) is 73.7 Å². The van der Waals surface area contributed by atoms with E-state index in [4.69, 9.17) is 0 Å². The summed E-state index contributed by atoms with van der Waals surface area (Å²) in [5, 5.41) is 12.1. The van der Waals surface area contributed by atoms with Crippen LogP contribution in [0.4, 0.5) is 11.4 Å². The highest BCUT2D eigenvalue weighted by Gasteiger charge is 2.23. The molecule has 23 heavy (non-hydrogen) atoms. The number of fused-ring (bicyclic) bond motifs is 1. The quantitative estimate of drug-likeness (QED) is 0.785. The number of sulfonamides is 1. The van der Waals surface area contributed by atoms with Gasteiger partial charge in [0.15, 0.2) is 5.69 Å². The van der Waals surface area contributed by atoms with Gasteiger partial charge in [-0.2, -0.15) is 0 Å². The van der Waals surface area contributed by atoms with Crippen LogP contribution in [-0.2, 0) is 10.0 Å². The average molecular weight is 395 g/mol. The Balaban J connectivity index is 2.05. The van der Waals surface area contributed by atoms with Crippen LogP contribution in [0.1, 0.15) is 11.1 Å². The van der Waals surface area contributed by atoms with Gasteiger partial charge in [0.2, 0.25) is 0 Å². The van der Waals surface area contributed by atoms with Gasteiger partial charge in [0, 0.05) is 10.0 Å². The van der Waals surface area contributed by atoms with Crippen molar-refractivity contribution in [3.8, 4) is 0 Å². The van der Waals surface area contributed by atoms with E-state index in [0.29, 0.717) is 21.4 Å². The lowest BCUT2D eigenvalue weighted by Gasteiger charge is -2.27. The summed E-state index contributed by atoms with van der Waals surface area (Å²) < 4.78 is 28.4. The van der Waals surface area contributed by atoms with Gasteiger partial charge >= 0.3 is 0 Å². The average Bonchev–Trinajstić information content (AvgIpc) is 2.46. The molecule has 0 aromatic heterocycles. The minimum absolute atomic E-state index is 0.100. The maximum absolute atomic E-state index is 12.6. The molecule has 0 bridgehead atoms. The van der Waals surface area contributed by atoms with Crippen LogP contribution >= 0.6 is 15.9 Å². The van der Waals surface area contributed by atoms with Crippen molar-refractivity contribution < 1.29 is 13.5 Å². The Morgan fingerprint density at radius 3 is 2.61 bits per heavy atom. The van der Waals surface area contributed by atoms with Gasteiger partial charge in [-0.05, 0) is 43.3 Å². The Morgan fingerprint density at radius 1 is 1.22 bits per heavy atom. The van der Waals surface area contributed by atoms with Crippen LogP contribution in [0.5, 0.6) is 0 Å². The van der Waals surface area contributed by atoms with Gasteiger partial charge in [-0.25, -0.2) is 8.42 Å². The zero-order chi connectivity index (χ0) is 16.6. The van der Waals surface area contributed by atoms with Gasteiger partial charge in [0.1, 0.15) is 12.2 Å². The number of halogens is 1. The van der Waals surface area contributed by atoms with Crippen LogP contribution in [0.3, 0.4) is 0 Å². The lowest BCUT2D eigenvalue weighted by Crippen LogP contribution is -3.02. The van der Waals surface area contributed by atoms with Crippen LogP contribution in [0.25, 0.3) is 6.08 Å². The van der Waals surface area contributed by atoms with Gasteiger partial charge in [0.25, 0.3) is 10.0 Å². The summed E-state index contributed by atoms with van der Waals surface area (Å²) in [6.45, 7) is 2.16. The van der Waals surface area contributed by atoms with E-state index in [1.54, 1.807) is 42.5 Å². The van der Waals surface area contributed by atoms with E-state index < -0.39 is 10.0 Å². The third-order valence-electron chi connectivity index (χ3n) is 3.59. The summed E-state index contributed by atoms with van der Waals surface area (Å²) >= 11 is 3.35. The molecule has 0 aliphatic carbocycles. The van der Waals surface area contributed by atoms with Crippen molar-refractivity contribution >= 4 is 43.4 Å². The second-order valence-corrected chi connectivity index (χ2v) is 7.96. The summed E-state index contributed by atoms with van der Waals surface area (Å²) in [7, 11) is -3.75. The first-order valence-corrected chi connectivity index (χ1v) is 9.27. The Labute approximate surface area is 143 Å². The molecule has 0 radical (unpaired) electrons. The number of rotatable bonds is 3. The molecule has 1 atom stereocenters. The Morgan fingerprint density at radius 2 is 1.91 bits per heavy atom. The van der Waals surface area contributed by atoms with Crippen molar-refractivity contribution in [2.24, 2.45) is 0 Å². The Hall–Kier alpha value is -1.67. The van der Waals surface area contributed by atoms with Gasteiger partial charge < -0.3 is 10.3 Å². The number of hydrogen-bond acceptors (Lipinski definition) is 3. The van der Waals surface area contributed by atoms with E-state index in [1.165, 1.54) is 0 Å². The first-order chi connectivity index (χ1) is 10.9. The molecule has 2 N–H and O–H groups in total. The van der Waals surface area contributed by atoms with E-state index in [2.05, 4.69) is 20.7 Å². The van der Waals surface area contributed by atoms with Crippen molar-refractivity contribution in [2.45, 2.75) is 11.8 Å². The number of hydroxylamine groups is 1. The summed E-state index contributed by atoms with van der Waals surface area (Å²) in [6, 6.07) is 9.97. The third kappa shape index (κ3) is 3.32. The second kappa shape index (κ2) is 6.09. The molecule has 5 nitrogen and oxygen atoms in total. The van der Waals surface area contributed by atoms with E-state index in [0.717, 1.165) is 5.56 Å². The van der Waals surface area contributed by atoms with Crippen LogP contribution in [0.15, 0.2) is 51.8 Å². The lowest BCUT2D eigenvalue weighted by atomic mass is 10.1. The van der Waals surface area contributed by atoms with E-state index in [1.807, 2.05) is 13.0 Å². The van der Waals surface area contributed by atoms with Crippen molar-refractivity contribution in [3.05, 3.63) is 63.3 Å². The Kier molecular flexibility index (Phi) is 4.29. The monoisotopic (exact) mass is 394 g/mol. The predicted molar refractivity (Wildman–Crippen MR) is 94.0 cm³/mol. The number of nitrogens with one attached hydrogen (secondary N) is 2. The number of hydrogen-bond donors (Lipinski definition) is 2. The second-order valence-electron chi connectivity index (χ2n) is 5.37. The largest absolute Gasteiger partial charge is 0.629 e. The molecule has 2 aromatic carbocycles. The molecule has 1 heterocycles. The molecule has 0 amide bonds. The molecule has 0 saturated carbocycles. The first kappa shape index (κ1) is 16.2. The predicted octanol–water partition coefficient (Wildman–Crippen LogP) is 2.60. The molecule has 1 aliphatic rings. The first-order valence-electron chi connectivity index (χ1n) is 6.99. The summed E-state index contributed by atoms with van der Waals surface area (Å²) in [4.78, 5) is 0.163. The van der Waals surface area contributed by atoms with Crippen molar-refractivity contribution in [1.82, 2.24) is 0 Å². The van der Waals surface area contributed by atoms with Gasteiger partial charge in [-0.3, -0.25) is 4.72 Å². The van der Waals surface area contributed by atoms with Crippen LogP contribution in [0.2, 0.25) is 0 Å². The standard InChI is InChI=1S/C16H15BrN2O3S/c1-11-4-6-14(7-5-11)23(21,22)18-15-10-13(17)9-12-3-2-8-19(20)16(12)15/h2-7,9-10,18-19H,8H2,1H3. The molecular formula is C16H15BrN2O3S.